The molecule has 1 fully saturated rings. The fraction of sp³-hybridized carbons (Fsp3) is 0.538. The number of hydrogen-bond acceptors (Lipinski definition) is 3. The van der Waals surface area contributed by atoms with Crippen molar-refractivity contribution in [3.05, 3.63) is 23.4 Å². The van der Waals surface area contributed by atoms with Crippen molar-refractivity contribution in [1.82, 2.24) is 9.88 Å². The monoisotopic (exact) mass is 268 g/mol. The average Bonchev–Trinajstić information content (AvgIpc) is 2.23. The number of halogens is 1. The third kappa shape index (κ3) is 2.75. The molecule has 0 aliphatic carbocycles. The Morgan fingerprint density at radius 3 is 2.72 bits per heavy atom. The molecule has 98 valence electrons. The Hall–Kier alpha value is -1.29. The van der Waals surface area contributed by atoms with Crippen LogP contribution in [0.15, 0.2) is 18.3 Å². The van der Waals surface area contributed by atoms with Gasteiger partial charge in [0.25, 0.3) is 0 Å². The zero-order valence-electron chi connectivity index (χ0n) is 10.8. The number of hydrogen-bond donors (Lipinski definition) is 0. The van der Waals surface area contributed by atoms with Crippen molar-refractivity contribution in [3.8, 4) is 5.88 Å². The van der Waals surface area contributed by atoms with E-state index in [1.54, 1.807) is 23.2 Å². The van der Waals surface area contributed by atoms with E-state index in [0.717, 1.165) is 0 Å². The number of carbonyl (C=O) groups is 1. The standard InChI is InChI=1S/C13H17ClN2O2/c1-13(2,3)12(17)16-7-9(8-16)18-11-10(14)5-4-6-15-11/h4-6,9H,7-8H2,1-3H3. The zero-order chi connectivity index (χ0) is 13.3. The maximum absolute atomic E-state index is 11.9. The lowest BCUT2D eigenvalue weighted by atomic mass is 9.93. The molecule has 0 radical (unpaired) electrons. The minimum absolute atomic E-state index is 0.0105. The molecule has 5 heteroatoms. The van der Waals surface area contributed by atoms with Crippen LogP contribution in [0.3, 0.4) is 0 Å². The molecule has 18 heavy (non-hydrogen) atoms. The normalized spacial score (nSPS) is 16.3. The first-order valence-corrected chi connectivity index (χ1v) is 6.32. The highest BCUT2D eigenvalue weighted by Gasteiger charge is 2.37. The number of pyridine rings is 1. The predicted octanol–water partition coefficient (Wildman–Crippen LogP) is 2.37. The summed E-state index contributed by atoms with van der Waals surface area (Å²) in [5.41, 5.74) is -0.340. The summed E-state index contributed by atoms with van der Waals surface area (Å²) in [5, 5.41) is 0.498. The molecule has 0 saturated carbocycles. The molecule has 0 spiro atoms. The van der Waals surface area contributed by atoms with Gasteiger partial charge in [-0.3, -0.25) is 4.79 Å². The average molecular weight is 269 g/mol. The van der Waals surface area contributed by atoms with E-state index in [0.29, 0.717) is 24.0 Å². The number of nitrogens with zero attached hydrogens (tertiary/aromatic N) is 2. The Kier molecular flexibility index (Phi) is 3.48. The van der Waals surface area contributed by atoms with Gasteiger partial charge in [0.2, 0.25) is 11.8 Å². The lowest BCUT2D eigenvalue weighted by molar-refractivity contribution is -0.148. The largest absolute Gasteiger partial charge is 0.470 e. The number of carbonyl (C=O) groups excluding carboxylic acids is 1. The fourth-order valence-electron chi connectivity index (χ4n) is 1.77. The number of amides is 1. The molecule has 0 unspecified atom stereocenters. The first-order chi connectivity index (χ1) is 8.38. The Bertz CT molecular complexity index is 451. The predicted molar refractivity (Wildman–Crippen MR) is 69.7 cm³/mol. The number of aromatic nitrogens is 1. The smallest absolute Gasteiger partial charge is 0.232 e. The molecule has 4 nitrogen and oxygen atoms in total. The van der Waals surface area contributed by atoms with E-state index < -0.39 is 0 Å². The summed E-state index contributed by atoms with van der Waals surface area (Å²) >= 11 is 5.95. The van der Waals surface area contributed by atoms with E-state index in [9.17, 15) is 4.79 Å². The summed E-state index contributed by atoms with van der Waals surface area (Å²) in [7, 11) is 0. The van der Waals surface area contributed by atoms with Gasteiger partial charge in [-0.1, -0.05) is 32.4 Å². The molecule has 0 bridgehead atoms. The number of ether oxygens (including phenoxy) is 1. The van der Waals surface area contributed by atoms with Crippen molar-refractivity contribution in [3.63, 3.8) is 0 Å². The summed E-state index contributed by atoms with van der Waals surface area (Å²) in [6, 6.07) is 3.49. The Labute approximate surface area is 112 Å². The van der Waals surface area contributed by atoms with Gasteiger partial charge in [0.05, 0.1) is 13.1 Å². The van der Waals surface area contributed by atoms with E-state index in [1.807, 2.05) is 20.8 Å². The molecule has 1 saturated heterocycles. The molecular weight excluding hydrogens is 252 g/mol. The molecular formula is C13H17ClN2O2. The van der Waals surface area contributed by atoms with Crippen molar-refractivity contribution in [1.29, 1.82) is 0 Å². The van der Waals surface area contributed by atoms with Crippen LogP contribution in [0, 0.1) is 5.41 Å². The summed E-state index contributed by atoms with van der Waals surface area (Å²) in [6.45, 7) is 6.95. The van der Waals surface area contributed by atoms with Gasteiger partial charge in [-0.2, -0.15) is 0 Å². The van der Waals surface area contributed by atoms with Crippen molar-refractivity contribution >= 4 is 17.5 Å². The van der Waals surface area contributed by atoms with Crippen LogP contribution in [0.2, 0.25) is 5.02 Å². The van der Waals surface area contributed by atoms with E-state index in [1.165, 1.54) is 0 Å². The second kappa shape index (κ2) is 4.76. The third-order valence-electron chi connectivity index (χ3n) is 2.78. The van der Waals surface area contributed by atoms with Crippen molar-refractivity contribution in [2.45, 2.75) is 26.9 Å². The lowest BCUT2D eigenvalue weighted by Gasteiger charge is -2.41. The molecule has 1 amide bonds. The van der Waals surface area contributed by atoms with Crippen LogP contribution in [0.25, 0.3) is 0 Å². The van der Waals surface area contributed by atoms with Gasteiger partial charge in [0, 0.05) is 11.6 Å². The van der Waals surface area contributed by atoms with Gasteiger partial charge >= 0.3 is 0 Å². The Morgan fingerprint density at radius 1 is 1.50 bits per heavy atom. The van der Waals surface area contributed by atoms with Gasteiger partial charge in [0.1, 0.15) is 11.1 Å². The summed E-state index contributed by atoms with van der Waals surface area (Å²) < 4.78 is 5.64. The van der Waals surface area contributed by atoms with Gasteiger partial charge in [-0.15, -0.1) is 0 Å². The Morgan fingerprint density at radius 2 is 2.17 bits per heavy atom. The topological polar surface area (TPSA) is 42.4 Å². The van der Waals surface area contributed by atoms with Crippen molar-refractivity contribution in [2.75, 3.05) is 13.1 Å². The Balaban J connectivity index is 1.88. The first kappa shape index (κ1) is 13.1. The number of likely N-dealkylation sites (tertiary alicyclic amines) is 1. The van der Waals surface area contributed by atoms with E-state index >= 15 is 0 Å². The molecule has 2 rings (SSSR count). The second-order valence-corrected chi connectivity index (χ2v) is 5.90. The van der Waals surface area contributed by atoms with Gasteiger partial charge in [0.15, 0.2) is 0 Å². The van der Waals surface area contributed by atoms with Crippen LogP contribution >= 0.6 is 11.6 Å². The van der Waals surface area contributed by atoms with E-state index in [2.05, 4.69) is 4.98 Å². The number of rotatable bonds is 2. The summed E-state index contributed by atoms with van der Waals surface area (Å²) in [4.78, 5) is 17.8. The maximum Gasteiger partial charge on any atom is 0.232 e. The molecule has 1 aliphatic heterocycles. The molecule has 2 heterocycles. The highest BCUT2D eigenvalue weighted by molar-refractivity contribution is 6.31. The van der Waals surface area contributed by atoms with Gasteiger partial charge in [-0.05, 0) is 12.1 Å². The zero-order valence-corrected chi connectivity index (χ0v) is 11.6. The molecule has 1 aromatic rings. The SMILES string of the molecule is CC(C)(C)C(=O)N1CC(Oc2ncccc2Cl)C1. The molecule has 1 aliphatic rings. The molecule has 1 aromatic heterocycles. The van der Waals surface area contributed by atoms with Crippen LogP contribution in [0.1, 0.15) is 20.8 Å². The summed E-state index contributed by atoms with van der Waals surface area (Å²) in [6.07, 6.45) is 1.63. The highest BCUT2D eigenvalue weighted by atomic mass is 35.5. The van der Waals surface area contributed by atoms with Crippen molar-refractivity contribution in [2.24, 2.45) is 5.41 Å². The highest BCUT2D eigenvalue weighted by Crippen LogP contribution is 2.26. The molecule has 0 aromatic carbocycles. The van der Waals surface area contributed by atoms with E-state index in [4.69, 9.17) is 16.3 Å². The minimum Gasteiger partial charge on any atom is -0.470 e. The van der Waals surface area contributed by atoms with E-state index in [-0.39, 0.29) is 17.4 Å². The first-order valence-electron chi connectivity index (χ1n) is 5.94. The third-order valence-corrected chi connectivity index (χ3v) is 3.07. The quantitative estimate of drug-likeness (QED) is 0.827. The van der Waals surface area contributed by atoms with Gasteiger partial charge < -0.3 is 9.64 Å². The second-order valence-electron chi connectivity index (χ2n) is 5.49. The maximum atomic E-state index is 11.9. The van der Waals surface area contributed by atoms with Crippen LogP contribution in [-0.4, -0.2) is 35.0 Å². The van der Waals surface area contributed by atoms with Crippen LogP contribution in [0.5, 0.6) is 5.88 Å². The molecule has 0 N–H and O–H groups in total. The van der Waals surface area contributed by atoms with Crippen LogP contribution in [-0.2, 0) is 4.79 Å². The fourth-order valence-corrected chi connectivity index (χ4v) is 1.93. The molecule has 0 atom stereocenters. The lowest BCUT2D eigenvalue weighted by Crippen LogP contribution is -2.58. The van der Waals surface area contributed by atoms with Crippen LogP contribution in [0.4, 0.5) is 0 Å². The minimum atomic E-state index is -0.340. The van der Waals surface area contributed by atoms with Crippen LogP contribution < -0.4 is 4.74 Å². The van der Waals surface area contributed by atoms with Gasteiger partial charge in [-0.25, -0.2) is 4.98 Å². The van der Waals surface area contributed by atoms with Crippen molar-refractivity contribution < 1.29 is 9.53 Å². The summed E-state index contributed by atoms with van der Waals surface area (Å²) in [5.74, 6) is 0.585.